The maximum atomic E-state index is 12.8. The number of rotatable bonds is 7. The lowest BCUT2D eigenvalue weighted by Gasteiger charge is -2.13. The molecule has 0 bridgehead atoms. The summed E-state index contributed by atoms with van der Waals surface area (Å²) in [4.78, 5) is 23.4. The van der Waals surface area contributed by atoms with Crippen LogP contribution in [0.2, 0.25) is 0 Å². The highest BCUT2D eigenvalue weighted by molar-refractivity contribution is 6.05. The number of methoxy groups -OCH3 is 1. The Bertz CT molecular complexity index is 1090. The predicted molar refractivity (Wildman–Crippen MR) is 114 cm³/mol. The van der Waals surface area contributed by atoms with E-state index in [1.807, 2.05) is 31.2 Å². The number of anilines is 1. The summed E-state index contributed by atoms with van der Waals surface area (Å²) < 4.78 is 11.2. The summed E-state index contributed by atoms with van der Waals surface area (Å²) >= 11 is 0. The van der Waals surface area contributed by atoms with Gasteiger partial charge in [0.25, 0.3) is 11.6 Å². The van der Waals surface area contributed by atoms with Crippen LogP contribution in [0.15, 0.2) is 60.7 Å². The summed E-state index contributed by atoms with van der Waals surface area (Å²) in [5.74, 6) is 0.947. The summed E-state index contributed by atoms with van der Waals surface area (Å²) in [6.45, 7) is 3.81. The van der Waals surface area contributed by atoms with E-state index < -0.39 is 4.92 Å². The molecule has 3 aromatic rings. The Morgan fingerprint density at radius 1 is 1.07 bits per heavy atom. The highest BCUT2D eigenvalue weighted by Gasteiger charge is 2.16. The molecule has 1 N–H and O–H groups in total. The van der Waals surface area contributed by atoms with Gasteiger partial charge in [-0.15, -0.1) is 0 Å². The van der Waals surface area contributed by atoms with Crippen LogP contribution in [-0.2, 0) is 6.61 Å². The molecule has 0 saturated carbocycles. The van der Waals surface area contributed by atoms with E-state index in [2.05, 4.69) is 5.32 Å². The smallest absolute Gasteiger partial charge is 0.274 e. The number of nitrogens with zero attached hydrogens (tertiary/aromatic N) is 1. The molecule has 30 heavy (non-hydrogen) atoms. The lowest BCUT2D eigenvalue weighted by atomic mass is 10.1. The fourth-order valence-corrected chi connectivity index (χ4v) is 3.05. The van der Waals surface area contributed by atoms with Crippen LogP contribution >= 0.6 is 0 Å². The predicted octanol–water partition coefficient (Wildman–Crippen LogP) is 5.05. The van der Waals surface area contributed by atoms with Crippen molar-refractivity contribution < 1.29 is 19.2 Å². The van der Waals surface area contributed by atoms with E-state index in [1.54, 1.807) is 38.3 Å². The number of nitro benzene ring substituents is 1. The quantitative estimate of drug-likeness (QED) is 0.438. The van der Waals surface area contributed by atoms with Gasteiger partial charge in [-0.2, -0.15) is 0 Å². The zero-order valence-corrected chi connectivity index (χ0v) is 17.0. The second kappa shape index (κ2) is 9.09. The topological polar surface area (TPSA) is 90.7 Å². The van der Waals surface area contributed by atoms with Crippen molar-refractivity contribution in [3.05, 3.63) is 93.0 Å². The number of amides is 1. The van der Waals surface area contributed by atoms with Gasteiger partial charge in [0.05, 0.1) is 23.3 Å². The van der Waals surface area contributed by atoms with Crippen molar-refractivity contribution in [2.45, 2.75) is 20.5 Å². The van der Waals surface area contributed by atoms with Crippen molar-refractivity contribution in [3.63, 3.8) is 0 Å². The van der Waals surface area contributed by atoms with Crippen molar-refractivity contribution in [1.82, 2.24) is 0 Å². The lowest BCUT2D eigenvalue weighted by Crippen LogP contribution is -2.14. The number of nitrogens with one attached hydrogen (secondary N) is 1. The van der Waals surface area contributed by atoms with Crippen LogP contribution in [0.4, 0.5) is 11.4 Å². The normalized spacial score (nSPS) is 10.4. The Labute approximate surface area is 174 Å². The zero-order chi connectivity index (χ0) is 21.7. The van der Waals surface area contributed by atoms with E-state index in [0.717, 1.165) is 11.3 Å². The summed E-state index contributed by atoms with van der Waals surface area (Å²) in [7, 11) is 1.55. The molecule has 3 rings (SSSR count). The molecule has 0 aliphatic heterocycles. The second-order valence-corrected chi connectivity index (χ2v) is 6.79. The third kappa shape index (κ3) is 4.75. The molecule has 0 aliphatic rings. The summed E-state index contributed by atoms with van der Waals surface area (Å²) in [5, 5.41) is 13.9. The second-order valence-electron chi connectivity index (χ2n) is 6.79. The number of carbonyl (C=O) groups excluding carboxylic acids is 1. The largest absolute Gasteiger partial charge is 0.496 e. The average molecular weight is 406 g/mol. The van der Waals surface area contributed by atoms with Crippen LogP contribution in [-0.4, -0.2) is 17.9 Å². The standard InChI is InChI=1S/C23H22N2O5/c1-15-6-4-7-19(12-15)30-14-18-13-17(10-11-22(18)29-3)23(26)24-20-8-5-9-21(16(20)2)25(27)28/h4-13H,14H2,1-3H3,(H,24,26). The van der Waals surface area contributed by atoms with Gasteiger partial charge in [0.2, 0.25) is 0 Å². The number of ether oxygens (including phenoxy) is 2. The fourth-order valence-electron chi connectivity index (χ4n) is 3.05. The summed E-state index contributed by atoms with van der Waals surface area (Å²) in [5.41, 5.74) is 2.93. The zero-order valence-electron chi connectivity index (χ0n) is 17.0. The van der Waals surface area contributed by atoms with Gasteiger partial charge < -0.3 is 14.8 Å². The van der Waals surface area contributed by atoms with Gasteiger partial charge in [0.15, 0.2) is 0 Å². The Hall–Kier alpha value is -3.87. The van der Waals surface area contributed by atoms with Gasteiger partial charge in [-0.3, -0.25) is 14.9 Å². The number of benzene rings is 3. The minimum atomic E-state index is -0.473. The minimum absolute atomic E-state index is 0.0465. The SMILES string of the molecule is COc1ccc(C(=O)Nc2cccc([N+](=O)[O-])c2C)cc1COc1cccc(C)c1. The van der Waals surface area contributed by atoms with Crippen LogP contribution in [0.3, 0.4) is 0 Å². The number of hydrogen-bond donors (Lipinski definition) is 1. The van der Waals surface area contributed by atoms with Crippen LogP contribution < -0.4 is 14.8 Å². The molecular formula is C23H22N2O5. The average Bonchev–Trinajstić information content (AvgIpc) is 2.73. The molecule has 0 radical (unpaired) electrons. The van der Waals surface area contributed by atoms with Crippen LogP contribution in [0.25, 0.3) is 0 Å². The minimum Gasteiger partial charge on any atom is -0.496 e. The van der Waals surface area contributed by atoms with Crippen molar-refractivity contribution >= 4 is 17.3 Å². The Kier molecular flexibility index (Phi) is 6.32. The first kappa shape index (κ1) is 20.9. The molecule has 0 atom stereocenters. The van der Waals surface area contributed by atoms with E-state index >= 15 is 0 Å². The molecule has 3 aromatic carbocycles. The Morgan fingerprint density at radius 2 is 1.83 bits per heavy atom. The van der Waals surface area contributed by atoms with Gasteiger partial charge in [-0.05, 0) is 55.8 Å². The number of hydrogen-bond acceptors (Lipinski definition) is 5. The molecule has 0 aliphatic carbocycles. The molecule has 0 unspecified atom stereocenters. The molecule has 0 heterocycles. The Morgan fingerprint density at radius 3 is 2.53 bits per heavy atom. The van der Waals surface area contributed by atoms with Gasteiger partial charge in [-0.25, -0.2) is 0 Å². The van der Waals surface area contributed by atoms with Crippen LogP contribution in [0.1, 0.15) is 27.0 Å². The highest BCUT2D eigenvalue weighted by Crippen LogP contribution is 2.27. The van der Waals surface area contributed by atoms with E-state index in [0.29, 0.717) is 28.1 Å². The van der Waals surface area contributed by atoms with Gasteiger partial charge in [-0.1, -0.05) is 18.2 Å². The highest BCUT2D eigenvalue weighted by atomic mass is 16.6. The van der Waals surface area contributed by atoms with Crippen molar-refractivity contribution in [1.29, 1.82) is 0 Å². The third-order valence-electron chi connectivity index (χ3n) is 4.68. The molecule has 7 heteroatoms. The maximum Gasteiger partial charge on any atom is 0.274 e. The molecule has 0 saturated heterocycles. The van der Waals surface area contributed by atoms with E-state index in [4.69, 9.17) is 9.47 Å². The molecule has 154 valence electrons. The fraction of sp³-hybridized carbons (Fsp3) is 0.174. The van der Waals surface area contributed by atoms with Gasteiger partial charge in [0.1, 0.15) is 18.1 Å². The van der Waals surface area contributed by atoms with Crippen molar-refractivity contribution in [2.24, 2.45) is 0 Å². The van der Waals surface area contributed by atoms with Gasteiger partial charge in [0, 0.05) is 17.2 Å². The van der Waals surface area contributed by atoms with E-state index in [-0.39, 0.29) is 18.2 Å². The first-order chi connectivity index (χ1) is 14.4. The van der Waals surface area contributed by atoms with Crippen LogP contribution in [0.5, 0.6) is 11.5 Å². The van der Waals surface area contributed by atoms with E-state index in [1.165, 1.54) is 12.1 Å². The van der Waals surface area contributed by atoms with Crippen molar-refractivity contribution in [2.75, 3.05) is 12.4 Å². The first-order valence-corrected chi connectivity index (χ1v) is 9.31. The summed E-state index contributed by atoms with van der Waals surface area (Å²) in [6, 6.07) is 17.3. The van der Waals surface area contributed by atoms with Crippen LogP contribution in [0, 0.1) is 24.0 Å². The molecule has 0 aromatic heterocycles. The molecule has 7 nitrogen and oxygen atoms in total. The number of carbonyl (C=O) groups is 1. The summed E-state index contributed by atoms with van der Waals surface area (Å²) in [6.07, 6.45) is 0. The molecule has 0 fully saturated rings. The van der Waals surface area contributed by atoms with Crippen molar-refractivity contribution in [3.8, 4) is 11.5 Å². The molecule has 1 amide bonds. The van der Waals surface area contributed by atoms with E-state index in [9.17, 15) is 14.9 Å². The Balaban J connectivity index is 1.81. The van der Waals surface area contributed by atoms with Gasteiger partial charge >= 0.3 is 0 Å². The molecular weight excluding hydrogens is 384 g/mol. The first-order valence-electron chi connectivity index (χ1n) is 9.31. The maximum absolute atomic E-state index is 12.8. The lowest BCUT2D eigenvalue weighted by molar-refractivity contribution is -0.385. The molecule has 0 spiro atoms. The number of aryl methyl sites for hydroxylation is 1. The number of nitro groups is 1. The monoisotopic (exact) mass is 406 g/mol. The third-order valence-corrected chi connectivity index (χ3v) is 4.68.